The quantitative estimate of drug-likeness (QED) is 0.739. The molecule has 4 rings (SSSR count). The molecule has 3 aromatic rings. The summed E-state index contributed by atoms with van der Waals surface area (Å²) in [5.74, 6) is 1.83. The van der Waals surface area contributed by atoms with E-state index in [-0.39, 0.29) is 12.7 Å². The number of thiazole rings is 1. The number of hydrogen-bond acceptors (Lipinski definition) is 6. The monoisotopic (exact) mass is 368 g/mol. The van der Waals surface area contributed by atoms with Crippen molar-refractivity contribution >= 4 is 22.4 Å². The zero-order valence-corrected chi connectivity index (χ0v) is 14.8. The van der Waals surface area contributed by atoms with Gasteiger partial charge in [0.25, 0.3) is 5.91 Å². The second-order valence-corrected chi connectivity index (χ2v) is 6.53. The van der Waals surface area contributed by atoms with Crippen LogP contribution in [0.5, 0.6) is 17.2 Å². The van der Waals surface area contributed by atoms with Crippen molar-refractivity contribution < 1.29 is 19.0 Å². The Kier molecular flexibility index (Phi) is 4.45. The van der Waals surface area contributed by atoms with Crippen molar-refractivity contribution in [3.8, 4) is 28.5 Å². The van der Waals surface area contributed by atoms with Crippen LogP contribution < -0.4 is 19.5 Å². The van der Waals surface area contributed by atoms with Gasteiger partial charge in [-0.1, -0.05) is 18.2 Å². The molecule has 1 atom stereocenters. The Bertz CT molecular complexity index is 926. The minimum absolute atomic E-state index is 0.233. The van der Waals surface area contributed by atoms with Crippen molar-refractivity contribution in [2.75, 3.05) is 12.1 Å². The molecule has 2 aromatic carbocycles. The number of carbonyl (C=O) groups is 1. The lowest BCUT2D eigenvalue weighted by Gasteiger charge is -2.13. The second kappa shape index (κ2) is 7.05. The van der Waals surface area contributed by atoms with Gasteiger partial charge in [-0.15, -0.1) is 11.3 Å². The third kappa shape index (κ3) is 3.48. The zero-order chi connectivity index (χ0) is 17.9. The lowest BCUT2D eigenvalue weighted by atomic mass is 10.1. The van der Waals surface area contributed by atoms with Crippen LogP contribution in [0.3, 0.4) is 0 Å². The van der Waals surface area contributed by atoms with Gasteiger partial charge in [0.05, 0.1) is 5.69 Å². The van der Waals surface area contributed by atoms with Crippen molar-refractivity contribution in [2.45, 2.75) is 13.0 Å². The maximum Gasteiger partial charge on any atom is 0.266 e. The number of benzene rings is 2. The van der Waals surface area contributed by atoms with Crippen molar-refractivity contribution in [1.82, 2.24) is 4.98 Å². The second-order valence-electron chi connectivity index (χ2n) is 5.67. The van der Waals surface area contributed by atoms with Gasteiger partial charge >= 0.3 is 0 Å². The lowest BCUT2D eigenvalue weighted by molar-refractivity contribution is -0.122. The summed E-state index contributed by atoms with van der Waals surface area (Å²) < 4.78 is 16.3. The molecule has 0 radical (unpaired) electrons. The first-order valence-electron chi connectivity index (χ1n) is 8.07. The summed E-state index contributed by atoms with van der Waals surface area (Å²) in [6, 6.07) is 14.9. The van der Waals surface area contributed by atoms with Crippen LogP contribution in [0.4, 0.5) is 5.13 Å². The number of fused-ring (bicyclic) bond motifs is 1. The van der Waals surface area contributed by atoms with Gasteiger partial charge in [0.15, 0.2) is 22.7 Å². The van der Waals surface area contributed by atoms with Crippen LogP contribution in [0.1, 0.15) is 6.92 Å². The number of hydrogen-bond donors (Lipinski definition) is 1. The van der Waals surface area contributed by atoms with Gasteiger partial charge in [-0.25, -0.2) is 4.98 Å². The van der Waals surface area contributed by atoms with E-state index in [0.717, 1.165) is 17.0 Å². The van der Waals surface area contributed by atoms with Crippen LogP contribution in [0.2, 0.25) is 0 Å². The van der Waals surface area contributed by atoms with Crippen LogP contribution in [0.15, 0.2) is 53.9 Å². The molecule has 1 aliphatic rings. The number of carbonyl (C=O) groups excluding carboxylic acids is 1. The molecule has 132 valence electrons. The molecule has 1 aromatic heterocycles. The molecule has 2 heterocycles. The Morgan fingerprint density at radius 1 is 1.19 bits per heavy atom. The van der Waals surface area contributed by atoms with E-state index in [0.29, 0.717) is 16.6 Å². The smallest absolute Gasteiger partial charge is 0.266 e. The van der Waals surface area contributed by atoms with Gasteiger partial charge in [0, 0.05) is 10.9 Å². The fourth-order valence-electron chi connectivity index (χ4n) is 2.48. The van der Waals surface area contributed by atoms with E-state index in [4.69, 9.17) is 14.2 Å². The van der Waals surface area contributed by atoms with E-state index in [1.165, 1.54) is 11.3 Å². The molecule has 0 spiro atoms. The van der Waals surface area contributed by atoms with Gasteiger partial charge in [-0.2, -0.15) is 0 Å². The van der Waals surface area contributed by atoms with E-state index in [2.05, 4.69) is 10.3 Å². The molecule has 1 amide bonds. The van der Waals surface area contributed by atoms with Crippen LogP contribution in [0.25, 0.3) is 11.3 Å². The van der Waals surface area contributed by atoms with Crippen molar-refractivity contribution in [1.29, 1.82) is 0 Å². The summed E-state index contributed by atoms with van der Waals surface area (Å²) in [4.78, 5) is 16.8. The Labute approximate surface area is 154 Å². The lowest BCUT2D eigenvalue weighted by Crippen LogP contribution is -2.30. The third-order valence-electron chi connectivity index (χ3n) is 3.83. The Morgan fingerprint density at radius 2 is 2.00 bits per heavy atom. The summed E-state index contributed by atoms with van der Waals surface area (Å²) >= 11 is 1.36. The highest BCUT2D eigenvalue weighted by Gasteiger charge is 2.18. The SMILES string of the molecule is C[C@@H](Oc1ccccc1)C(=O)Nc1nc(-c2ccc3c(c2)OCO3)cs1. The highest BCUT2D eigenvalue weighted by atomic mass is 32.1. The number of anilines is 1. The molecule has 0 aliphatic carbocycles. The Balaban J connectivity index is 1.42. The van der Waals surface area contributed by atoms with Gasteiger partial charge in [0.2, 0.25) is 6.79 Å². The third-order valence-corrected chi connectivity index (χ3v) is 4.59. The Hall–Kier alpha value is -3.06. The van der Waals surface area contributed by atoms with Gasteiger partial charge in [-0.05, 0) is 37.3 Å². The maximum atomic E-state index is 12.3. The molecule has 1 aliphatic heterocycles. The topological polar surface area (TPSA) is 69.7 Å². The molecular formula is C19H16N2O4S. The van der Waals surface area contributed by atoms with Crippen LogP contribution in [-0.4, -0.2) is 23.8 Å². The van der Waals surface area contributed by atoms with Crippen LogP contribution in [-0.2, 0) is 4.79 Å². The molecule has 0 fully saturated rings. The van der Waals surface area contributed by atoms with Crippen molar-refractivity contribution in [3.63, 3.8) is 0 Å². The summed E-state index contributed by atoms with van der Waals surface area (Å²) in [5, 5.41) is 5.20. The molecule has 0 bridgehead atoms. The fourth-order valence-corrected chi connectivity index (χ4v) is 3.21. The molecule has 0 saturated carbocycles. The number of amides is 1. The van der Waals surface area contributed by atoms with E-state index in [9.17, 15) is 4.79 Å². The van der Waals surface area contributed by atoms with E-state index >= 15 is 0 Å². The van der Waals surface area contributed by atoms with Crippen LogP contribution >= 0.6 is 11.3 Å². The maximum absolute atomic E-state index is 12.3. The van der Waals surface area contributed by atoms with E-state index < -0.39 is 6.10 Å². The van der Waals surface area contributed by atoms with Gasteiger partial charge < -0.3 is 14.2 Å². The number of ether oxygens (including phenoxy) is 3. The average molecular weight is 368 g/mol. The molecule has 0 unspecified atom stereocenters. The summed E-state index contributed by atoms with van der Waals surface area (Å²) in [5.41, 5.74) is 1.67. The van der Waals surface area contributed by atoms with Crippen molar-refractivity contribution in [3.05, 3.63) is 53.9 Å². The highest BCUT2D eigenvalue weighted by molar-refractivity contribution is 7.14. The first kappa shape index (κ1) is 16.4. The van der Waals surface area contributed by atoms with Gasteiger partial charge in [0.1, 0.15) is 5.75 Å². The summed E-state index contributed by atoms with van der Waals surface area (Å²) in [6.07, 6.45) is -0.629. The molecule has 1 N–H and O–H groups in total. The molecule has 7 heteroatoms. The minimum Gasteiger partial charge on any atom is -0.481 e. The fraction of sp³-hybridized carbons (Fsp3) is 0.158. The minimum atomic E-state index is -0.629. The van der Waals surface area contributed by atoms with E-state index in [1.807, 2.05) is 53.9 Å². The standard InChI is InChI=1S/C19H16N2O4S/c1-12(25-14-5-3-2-4-6-14)18(22)21-19-20-15(10-26-19)13-7-8-16-17(9-13)24-11-23-16/h2-10,12H,11H2,1H3,(H,20,21,22)/t12-/m1/s1. The van der Waals surface area contributed by atoms with Crippen molar-refractivity contribution in [2.24, 2.45) is 0 Å². The number of rotatable bonds is 5. The first-order chi connectivity index (χ1) is 12.7. The number of nitrogens with one attached hydrogen (secondary N) is 1. The highest BCUT2D eigenvalue weighted by Crippen LogP contribution is 2.36. The predicted octanol–water partition coefficient (Wildman–Crippen LogP) is 3.94. The number of aromatic nitrogens is 1. The molecular weight excluding hydrogens is 352 g/mol. The summed E-state index contributed by atoms with van der Waals surface area (Å²) in [6.45, 7) is 1.94. The van der Waals surface area contributed by atoms with Crippen LogP contribution in [0, 0.1) is 0 Å². The number of para-hydroxylation sites is 1. The molecule has 0 saturated heterocycles. The normalized spacial score (nSPS) is 13.3. The average Bonchev–Trinajstić information content (AvgIpc) is 3.31. The largest absolute Gasteiger partial charge is 0.481 e. The molecule has 6 nitrogen and oxygen atoms in total. The number of nitrogens with zero attached hydrogens (tertiary/aromatic N) is 1. The zero-order valence-electron chi connectivity index (χ0n) is 14.0. The first-order valence-corrected chi connectivity index (χ1v) is 8.95. The predicted molar refractivity (Wildman–Crippen MR) is 98.8 cm³/mol. The van der Waals surface area contributed by atoms with Gasteiger partial charge in [-0.3, -0.25) is 10.1 Å². The molecule has 26 heavy (non-hydrogen) atoms. The van der Waals surface area contributed by atoms with E-state index in [1.54, 1.807) is 6.92 Å². The summed E-state index contributed by atoms with van der Waals surface area (Å²) in [7, 11) is 0. The Morgan fingerprint density at radius 3 is 2.85 bits per heavy atom.